The van der Waals surface area contributed by atoms with Crippen molar-refractivity contribution in [3.8, 4) is 11.6 Å². The second-order valence-corrected chi connectivity index (χ2v) is 9.38. The van der Waals surface area contributed by atoms with Gasteiger partial charge in [0.15, 0.2) is 5.69 Å². The molecule has 168 valence electrons. The molecule has 0 spiro atoms. The molecule has 0 radical (unpaired) electrons. The number of rotatable bonds is 6. The van der Waals surface area contributed by atoms with E-state index in [-0.39, 0.29) is 23.4 Å². The van der Waals surface area contributed by atoms with Gasteiger partial charge in [0.1, 0.15) is 11.4 Å². The predicted octanol–water partition coefficient (Wildman–Crippen LogP) is 2.62. The summed E-state index contributed by atoms with van der Waals surface area (Å²) >= 11 is 0. The fourth-order valence-corrected chi connectivity index (χ4v) is 6.25. The molecular formula is C23H25N3O6. The number of imidazole rings is 1. The number of carbonyl (C=O) groups is 3. The van der Waals surface area contributed by atoms with E-state index in [1.807, 2.05) is 0 Å². The van der Waals surface area contributed by atoms with Crippen LogP contribution in [0.15, 0.2) is 30.6 Å². The summed E-state index contributed by atoms with van der Waals surface area (Å²) in [4.78, 5) is 44.3. The normalized spacial score (nSPS) is 30.0. The average molecular weight is 439 g/mol. The van der Waals surface area contributed by atoms with E-state index in [0.717, 1.165) is 19.3 Å². The van der Waals surface area contributed by atoms with Crippen LogP contribution in [0.4, 0.5) is 0 Å². The minimum Gasteiger partial charge on any atom is -0.497 e. The first kappa shape index (κ1) is 20.5. The van der Waals surface area contributed by atoms with Crippen molar-refractivity contribution in [3.05, 3.63) is 41.9 Å². The Bertz CT molecular complexity index is 1060. The third-order valence-corrected chi connectivity index (χ3v) is 7.12. The van der Waals surface area contributed by atoms with Crippen LogP contribution in [0.2, 0.25) is 0 Å². The number of ether oxygens (including phenoxy) is 3. The van der Waals surface area contributed by atoms with Gasteiger partial charge in [0, 0.05) is 6.42 Å². The number of esters is 2. The molecule has 32 heavy (non-hydrogen) atoms. The molecule has 9 nitrogen and oxygen atoms in total. The fourth-order valence-electron chi connectivity index (χ4n) is 6.25. The first-order valence-electron chi connectivity index (χ1n) is 10.7. The van der Waals surface area contributed by atoms with Crippen LogP contribution in [0.25, 0.3) is 0 Å². The van der Waals surface area contributed by atoms with Crippen LogP contribution in [0.1, 0.15) is 59.4 Å². The van der Waals surface area contributed by atoms with Crippen molar-refractivity contribution in [1.29, 1.82) is 0 Å². The molecule has 0 saturated heterocycles. The molecule has 6 rings (SSSR count). The summed E-state index contributed by atoms with van der Waals surface area (Å²) in [5.74, 6) is -0.480. The van der Waals surface area contributed by atoms with Crippen LogP contribution in [-0.2, 0) is 9.53 Å². The van der Waals surface area contributed by atoms with E-state index in [2.05, 4.69) is 9.97 Å². The van der Waals surface area contributed by atoms with E-state index in [9.17, 15) is 14.4 Å². The summed E-state index contributed by atoms with van der Waals surface area (Å²) in [6.07, 6.45) is 5.54. The summed E-state index contributed by atoms with van der Waals surface area (Å²) in [5, 5.41) is 0. The fraction of sp³-hybridized carbons (Fsp3) is 0.478. The SMILES string of the molecule is COc1ccc(C(=O)OC23CC4CC(C2)CC(C(=O)Oc2nc[nH]c2C(N)=O)(C4)C3)cc1. The van der Waals surface area contributed by atoms with Gasteiger partial charge < -0.3 is 24.9 Å². The number of nitrogens with two attached hydrogens (primary N) is 1. The van der Waals surface area contributed by atoms with Crippen molar-refractivity contribution in [1.82, 2.24) is 9.97 Å². The van der Waals surface area contributed by atoms with E-state index in [0.29, 0.717) is 30.6 Å². The first-order chi connectivity index (χ1) is 15.3. The molecule has 4 aliphatic carbocycles. The maximum absolute atomic E-state index is 13.3. The Morgan fingerprint density at radius 1 is 1.09 bits per heavy atom. The van der Waals surface area contributed by atoms with Crippen molar-refractivity contribution in [3.63, 3.8) is 0 Å². The Kier molecular flexibility index (Phi) is 4.72. The molecule has 4 bridgehead atoms. The van der Waals surface area contributed by atoms with Gasteiger partial charge in [-0.3, -0.25) is 9.59 Å². The molecule has 1 amide bonds. The van der Waals surface area contributed by atoms with Gasteiger partial charge in [-0.2, -0.15) is 0 Å². The lowest BCUT2D eigenvalue weighted by Crippen LogP contribution is -2.60. The zero-order chi connectivity index (χ0) is 22.5. The number of benzene rings is 1. The molecule has 2 aromatic rings. The van der Waals surface area contributed by atoms with Crippen molar-refractivity contribution in [2.24, 2.45) is 23.0 Å². The van der Waals surface area contributed by atoms with Crippen molar-refractivity contribution in [2.75, 3.05) is 7.11 Å². The van der Waals surface area contributed by atoms with Crippen LogP contribution >= 0.6 is 0 Å². The number of H-pyrrole nitrogens is 1. The number of amides is 1. The van der Waals surface area contributed by atoms with Crippen molar-refractivity contribution in [2.45, 2.75) is 44.1 Å². The molecule has 0 aliphatic heterocycles. The number of hydrogen-bond donors (Lipinski definition) is 2. The van der Waals surface area contributed by atoms with Gasteiger partial charge >= 0.3 is 11.9 Å². The molecule has 4 fully saturated rings. The van der Waals surface area contributed by atoms with Crippen LogP contribution in [0, 0.1) is 17.3 Å². The molecule has 2 atom stereocenters. The van der Waals surface area contributed by atoms with E-state index in [1.54, 1.807) is 31.4 Å². The molecule has 1 aromatic heterocycles. The molecule has 4 aliphatic rings. The Hall–Kier alpha value is -3.36. The Morgan fingerprint density at radius 3 is 2.41 bits per heavy atom. The van der Waals surface area contributed by atoms with E-state index in [1.165, 1.54) is 6.33 Å². The highest BCUT2D eigenvalue weighted by Gasteiger charge is 2.63. The molecule has 4 saturated carbocycles. The predicted molar refractivity (Wildman–Crippen MR) is 111 cm³/mol. The standard InChI is InChI=1S/C23H25N3O6/c1-30-16-4-2-15(3-5-16)20(28)32-23-9-13-6-14(10-23)8-22(7-13,11-23)21(29)31-19-17(18(24)27)25-12-26-19/h2-5,12-14H,6-11H2,1H3,(H2,24,27)(H,25,26). The van der Waals surface area contributed by atoms with Gasteiger partial charge in [0.05, 0.1) is 24.4 Å². The molecule has 3 N–H and O–H groups in total. The second-order valence-electron chi connectivity index (χ2n) is 9.38. The largest absolute Gasteiger partial charge is 0.497 e. The molecule has 2 unspecified atom stereocenters. The topological polar surface area (TPSA) is 134 Å². The third kappa shape index (κ3) is 3.41. The van der Waals surface area contributed by atoms with Gasteiger partial charge in [-0.25, -0.2) is 9.78 Å². The van der Waals surface area contributed by atoms with Crippen LogP contribution in [0.3, 0.4) is 0 Å². The zero-order valence-corrected chi connectivity index (χ0v) is 17.8. The Morgan fingerprint density at radius 2 is 1.78 bits per heavy atom. The van der Waals surface area contributed by atoms with Gasteiger partial charge in [-0.05, 0) is 68.2 Å². The molecule has 9 heteroatoms. The van der Waals surface area contributed by atoms with Crippen molar-refractivity contribution < 1.29 is 28.6 Å². The Balaban J connectivity index is 1.37. The molecule has 1 heterocycles. The highest BCUT2D eigenvalue weighted by Crippen LogP contribution is 2.63. The van der Waals surface area contributed by atoms with Crippen molar-refractivity contribution >= 4 is 17.8 Å². The van der Waals surface area contributed by atoms with Gasteiger partial charge in [-0.15, -0.1) is 0 Å². The van der Waals surface area contributed by atoms with E-state index < -0.39 is 28.9 Å². The lowest BCUT2D eigenvalue weighted by Gasteiger charge is -2.59. The summed E-state index contributed by atoms with van der Waals surface area (Å²) in [7, 11) is 1.57. The van der Waals surface area contributed by atoms with Crippen LogP contribution in [-0.4, -0.2) is 40.5 Å². The van der Waals surface area contributed by atoms with Gasteiger partial charge in [-0.1, -0.05) is 0 Å². The average Bonchev–Trinajstić information content (AvgIpc) is 3.21. The summed E-state index contributed by atoms with van der Waals surface area (Å²) in [6.45, 7) is 0. The quantitative estimate of drug-likeness (QED) is 0.661. The summed E-state index contributed by atoms with van der Waals surface area (Å²) in [5.41, 5.74) is 4.27. The van der Waals surface area contributed by atoms with E-state index >= 15 is 0 Å². The molecule has 1 aromatic carbocycles. The highest BCUT2D eigenvalue weighted by atomic mass is 16.6. The number of primary amides is 1. The Labute approximate surface area is 184 Å². The summed E-state index contributed by atoms with van der Waals surface area (Å²) < 4.78 is 16.8. The smallest absolute Gasteiger partial charge is 0.338 e. The number of nitrogens with zero attached hydrogens (tertiary/aromatic N) is 1. The lowest BCUT2D eigenvalue weighted by atomic mass is 9.48. The second kappa shape index (κ2) is 7.36. The molecular weight excluding hydrogens is 414 g/mol. The maximum atomic E-state index is 13.3. The minimum absolute atomic E-state index is 0.0382. The van der Waals surface area contributed by atoms with Crippen LogP contribution < -0.4 is 15.2 Å². The minimum atomic E-state index is -0.766. The number of nitrogens with one attached hydrogen (secondary N) is 1. The maximum Gasteiger partial charge on any atom is 0.338 e. The first-order valence-corrected chi connectivity index (χ1v) is 10.7. The number of aromatic nitrogens is 2. The van der Waals surface area contributed by atoms with Crippen LogP contribution in [0.5, 0.6) is 11.6 Å². The van der Waals surface area contributed by atoms with Gasteiger partial charge in [0.2, 0.25) is 0 Å². The number of aromatic amines is 1. The highest BCUT2D eigenvalue weighted by molar-refractivity contribution is 5.94. The van der Waals surface area contributed by atoms with E-state index in [4.69, 9.17) is 19.9 Å². The number of methoxy groups -OCH3 is 1. The van der Waals surface area contributed by atoms with Gasteiger partial charge in [0.25, 0.3) is 11.8 Å². The monoisotopic (exact) mass is 439 g/mol. The summed E-state index contributed by atoms with van der Waals surface area (Å²) in [6, 6.07) is 6.79. The third-order valence-electron chi connectivity index (χ3n) is 7.12. The number of hydrogen-bond acceptors (Lipinski definition) is 7. The lowest BCUT2D eigenvalue weighted by molar-refractivity contribution is -0.190. The number of carbonyl (C=O) groups excluding carboxylic acids is 3. The zero-order valence-electron chi connectivity index (χ0n) is 17.8.